The molecule has 1 aliphatic heterocycles. The van der Waals surface area contributed by atoms with Gasteiger partial charge in [0.2, 0.25) is 0 Å². The molecule has 0 aromatic heterocycles. The summed E-state index contributed by atoms with van der Waals surface area (Å²) in [6.07, 6.45) is -3.93. The second-order valence-electron chi connectivity index (χ2n) is 4.52. The highest BCUT2D eigenvalue weighted by molar-refractivity contribution is 9.09. The Bertz CT molecular complexity index is 522. The van der Waals surface area contributed by atoms with Gasteiger partial charge in [0.15, 0.2) is 6.61 Å². The van der Waals surface area contributed by atoms with Crippen molar-refractivity contribution in [2.45, 2.75) is 17.4 Å². The van der Waals surface area contributed by atoms with E-state index in [-0.39, 0.29) is 23.9 Å². The van der Waals surface area contributed by atoms with Crippen molar-refractivity contribution in [3.8, 4) is 5.75 Å². The smallest absolute Gasteiger partial charge is 0.411 e. The highest BCUT2D eigenvalue weighted by atomic mass is 79.9. The van der Waals surface area contributed by atoms with Crippen molar-refractivity contribution in [2.75, 3.05) is 25.1 Å². The van der Waals surface area contributed by atoms with Crippen LogP contribution in [0, 0.1) is 0 Å². The molecule has 0 aliphatic carbocycles. The van der Waals surface area contributed by atoms with E-state index in [0.717, 1.165) is 5.56 Å². The van der Waals surface area contributed by atoms with Gasteiger partial charge < -0.3 is 14.8 Å². The Morgan fingerprint density at radius 3 is 2.90 bits per heavy atom. The lowest BCUT2D eigenvalue weighted by atomic mass is 10.1. The first-order valence-electron chi connectivity index (χ1n) is 6.20. The number of carbonyl (C=O) groups excluding carboxylic acids is 1. The van der Waals surface area contributed by atoms with Crippen LogP contribution < -0.4 is 10.1 Å². The molecule has 0 radical (unpaired) electrons. The average molecular weight is 368 g/mol. The maximum absolute atomic E-state index is 11.9. The molecule has 1 atom stereocenters. The number of fused-ring (bicyclic) bond motifs is 1. The predicted molar refractivity (Wildman–Crippen MR) is 73.7 cm³/mol. The fourth-order valence-electron chi connectivity index (χ4n) is 1.84. The standard InChI is InChI=1S/C13H13BrF3NO3/c14-9(3-4-20-7-13(15,16)17)8-1-2-11-10(5-8)18-12(19)6-21-11/h1-2,5,9H,3-4,6-7H2,(H,18,19). The van der Waals surface area contributed by atoms with Crippen molar-refractivity contribution in [2.24, 2.45) is 0 Å². The van der Waals surface area contributed by atoms with Gasteiger partial charge in [-0.1, -0.05) is 22.0 Å². The maximum atomic E-state index is 11.9. The Morgan fingerprint density at radius 2 is 2.19 bits per heavy atom. The zero-order valence-electron chi connectivity index (χ0n) is 10.9. The third-order valence-corrected chi connectivity index (χ3v) is 3.77. The molecule has 1 amide bonds. The van der Waals surface area contributed by atoms with Gasteiger partial charge in [0.25, 0.3) is 5.91 Å². The summed E-state index contributed by atoms with van der Waals surface area (Å²) < 4.78 is 45.6. The molecule has 1 N–H and O–H groups in total. The van der Waals surface area contributed by atoms with Gasteiger partial charge in [0.05, 0.1) is 5.69 Å². The van der Waals surface area contributed by atoms with Gasteiger partial charge in [-0.15, -0.1) is 0 Å². The van der Waals surface area contributed by atoms with Gasteiger partial charge >= 0.3 is 6.18 Å². The largest absolute Gasteiger partial charge is 0.482 e. The van der Waals surface area contributed by atoms with E-state index in [9.17, 15) is 18.0 Å². The monoisotopic (exact) mass is 367 g/mol. The number of amides is 1. The topological polar surface area (TPSA) is 47.6 Å². The zero-order valence-corrected chi connectivity index (χ0v) is 12.5. The number of hydrogen-bond donors (Lipinski definition) is 1. The predicted octanol–water partition coefficient (Wildman–Crippen LogP) is 3.42. The van der Waals surface area contributed by atoms with Crippen LogP contribution in [-0.4, -0.2) is 31.9 Å². The number of hydrogen-bond acceptors (Lipinski definition) is 3. The first-order chi connectivity index (χ1) is 9.85. The molecule has 2 rings (SSSR count). The van der Waals surface area contributed by atoms with Gasteiger partial charge in [-0.05, 0) is 24.1 Å². The summed E-state index contributed by atoms with van der Waals surface area (Å²) in [5.74, 6) is 0.339. The molecule has 1 aliphatic rings. The lowest BCUT2D eigenvalue weighted by molar-refractivity contribution is -0.174. The molecule has 4 nitrogen and oxygen atoms in total. The van der Waals surface area contributed by atoms with Crippen LogP contribution in [0.25, 0.3) is 0 Å². The van der Waals surface area contributed by atoms with Crippen LogP contribution in [0.15, 0.2) is 18.2 Å². The number of alkyl halides is 4. The lowest BCUT2D eigenvalue weighted by Crippen LogP contribution is -2.25. The third kappa shape index (κ3) is 4.89. The normalized spacial score (nSPS) is 15.9. The van der Waals surface area contributed by atoms with E-state index >= 15 is 0 Å². The molecular formula is C13H13BrF3NO3. The number of anilines is 1. The molecule has 0 saturated carbocycles. The molecule has 8 heteroatoms. The van der Waals surface area contributed by atoms with Crippen LogP contribution >= 0.6 is 15.9 Å². The molecule has 1 unspecified atom stereocenters. The number of ether oxygens (including phenoxy) is 2. The van der Waals surface area contributed by atoms with Crippen molar-refractivity contribution in [3.63, 3.8) is 0 Å². The first-order valence-corrected chi connectivity index (χ1v) is 7.12. The molecule has 1 aromatic rings. The van der Waals surface area contributed by atoms with E-state index in [1.807, 2.05) is 0 Å². The van der Waals surface area contributed by atoms with Crippen LogP contribution in [-0.2, 0) is 9.53 Å². The minimum absolute atomic E-state index is 0.0185. The van der Waals surface area contributed by atoms with E-state index in [4.69, 9.17) is 4.74 Å². The summed E-state index contributed by atoms with van der Waals surface area (Å²) in [7, 11) is 0. The van der Waals surface area contributed by atoms with Crippen molar-refractivity contribution in [1.29, 1.82) is 0 Å². The highest BCUT2D eigenvalue weighted by Gasteiger charge is 2.27. The van der Waals surface area contributed by atoms with Crippen LogP contribution in [0.2, 0.25) is 0 Å². The number of nitrogens with one attached hydrogen (secondary N) is 1. The summed E-state index contributed by atoms with van der Waals surface area (Å²) >= 11 is 3.39. The molecule has 0 bridgehead atoms. The van der Waals surface area contributed by atoms with Gasteiger partial charge in [-0.3, -0.25) is 4.79 Å². The number of carbonyl (C=O) groups is 1. The van der Waals surface area contributed by atoms with Crippen LogP contribution in [0.1, 0.15) is 16.8 Å². The Labute approximate surface area is 127 Å². The van der Waals surface area contributed by atoms with Crippen molar-refractivity contribution in [3.05, 3.63) is 23.8 Å². The minimum Gasteiger partial charge on any atom is -0.482 e. The third-order valence-electron chi connectivity index (χ3n) is 2.78. The minimum atomic E-state index is -4.31. The Kier molecular flexibility index (Phi) is 5.10. The summed E-state index contributed by atoms with van der Waals surface area (Å²) in [5, 5.41) is 2.68. The lowest BCUT2D eigenvalue weighted by Gasteiger charge is -2.20. The maximum Gasteiger partial charge on any atom is 0.411 e. The van der Waals surface area contributed by atoms with E-state index in [1.54, 1.807) is 18.2 Å². The summed E-state index contributed by atoms with van der Waals surface area (Å²) in [6, 6.07) is 5.24. The van der Waals surface area contributed by atoms with Crippen LogP contribution in [0.3, 0.4) is 0 Å². The summed E-state index contributed by atoms with van der Waals surface area (Å²) in [4.78, 5) is 11.1. The fourth-order valence-corrected chi connectivity index (χ4v) is 2.31. The quantitative estimate of drug-likeness (QED) is 0.640. The summed E-state index contributed by atoms with van der Waals surface area (Å²) in [6.45, 7) is -1.29. The number of halogens is 4. The van der Waals surface area contributed by atoms with Gasteiger partial charge in [-0.2, -0.15) is 13.2 Å². The Morgan fingerprint density at radius 1 is 1.43 bits per heavy atom. The first kappa shape index (κ1) is 16.1. The van der Waals surface area contributed by atoms with Crippen molar-refractivity contribution >= 4 is 27.5 Å². The van der Waals surface area contributed by atoms with E-state index in [1.165, 1.54) is 0 Å². The molecule has 0 spiro atoms. The van der Waals surface area contributed by atoms with Gasteiger partial charge in [-0.25, -0.2) is 0 Å². The number of rotatable bonds is 5. The fraction of sp³-hybridized carbons (Fsp3) is 0.462. The molecule has 0 fully saturated rings. The molecule has 116 valence electrons. The van der Waals surface area contributed by atoms with Crippen LogP contribution in [0.4, 0.5) is 18.9 Å². The highest BCUT2D eigenvalue weighted by Crippen LogP contribution is 2.34. The zero-order chi connectivity index (χ0) is 15.5. The van der Waals surface area contributed by atoms with E-state index < -0.39 is 12.8 Å². The second-order valence-corrected chi connectivity index (χ2v) is 5.62. The summed E-state index contributed by atoms with van der Waals surface area (Å²) in [5.41, 5.74) is 1.39. The van der Waals surface area contributed by atoms with Crippen molar-refractivity contribution < 1.29 is 27.4 Å². The Hall–Kier alpha value is -1.28. The second kappa shape index (κ2) is 6.65. The van der Waals surface area contributed by atoms with E-state index in [0.29, 0.717) is 17.9 Å². The van der Waals surface area contributed by atoms with E-state index in [2.05, 4.69) is 26.0 Å². The molecular weight excluding hydrogens is 355 g/mol. The van der Waals surface area contributed by atoms with Gasteiger partial charge in [0.1, 0.15) is 12.4 Å². The van der Waals surface area contributed by atoms with Crippen LogP contribution in [0.5, 0.6) is 5.75 Å². The molecule has 0 saturated heterocycles. The molecule has 1 heterocycles. The van der Waals surface area contributed by atoms with Crippen molar-refractivity contribution in [1.82, 2.24) is 0 Å². The van der Waals surface area contributed by atoms with Gasteiger partial charge in [0, 0.05) is 11.4 Å². The number of benzene rings is 1. The average Bonchev–Trinajstić information content (AvgIpc) is 2.41. The Balaban J connectivity index is 1.89. The SMILES string of the molecule is O=C1COc2ccc(C(Br)CCOCC(F)(F)F)cc2N1. The molecule has 1 aromatic carbocycles. The molecule has 21 heavy (non-hydrogen) atoms.